The van der Waals surface area contributed by atoms with Gasteiger partial charge in [0.25, 0.3) is 5.91 Å². The first-order valence-electron chi connectivity index (χ1n) is 11.7. The van der Waals surface area contributed by atoms with Crippen LogP contribution >= 0.6 is 22.9 Å². The highest BCUT2D eigenvalue weighted by atomic mass is 35.5. The highest BCUT2D eigenvalue weighted by Crippen LogP contribution is 2.35. The second-order valence-corrected chi connectivity index (χ2v) is 11.4. The van der Waals surface area contributed by atoms with Crippen molar-refractivity contribution in [3.05, 3.63) is 51.8 Å². The van der Waals surface area contributed by atoms with E-state index < -0.39 is 11.4 Å². The van der Waals surface area contributed by atoms with Crippen LogP contribution in [-0.4, -0.2) is 52.6 Å². The molecule has 1 saturated carbocycles. The second-order valence-electron chi connectivity index (χ2n) is 9.71. The van der Waals surface area contributed by atoms with E-state index in [1.807, 2.05) is 6.07 Å². The molecule has 5 rings (SSSR count). The van der Waals surface area contributed by atoms with Crippen molar-refractivity contribution in [2.75, 3.05) is 0 Å². The summed E-state index contributed by atoms with van der Waals surface area (Å²) in [7, 11) is 0. The van der Waals surface area contributed by atoms with Crippen molar-refractivity contribution in [3.8, 4) is 5.82 Å². The summed E-state index contributed by atoms with van der Waals surface area (Å²) < 4.78 is 2.71. The summed E-state index contributed by atoms with van der Waals surface area (Å²) in [6, 6.07) is 5.34. The second kappa shape index (κ2) is 9.62. The zero-order chi connectivity index (χ0) is 25.4. The van der Waals surface area contributed by atoms with Crippen LogP contribution in [0.15, 0.2) is 36.8 Å². The number of nitrogens with zero attached hydrogens (tertiary/aromatic N) is 6. The molecule has 4 aromatic heterocycles. The maximum Gasteiger partial charge on any atom is 0.309 e. The SMILES string of the molecule is CC(C)(Cc1nc2cnc(-n3nccn3)cc2n1[C@@H]1CCC[C@H](NC(=O)c2ccc(Cl)s2)C1)C(=O)O. The van der Waals surface area contributed by atoms with Crippen molar-refractivity contribution in [1.82, 2.24) is 34.8 Å². The number of halogens is 1. The molecule has 0 aromatic carbocycles. The van der Waals surface area contributed by atoms with Crippen molar-refractivity contribution in [3.63, 3.8) is 0 Å². The van der Waals surface area contributed by atoms with E-state index in [1.165, 1.54) is 16.1 Å². The van der Waals surface area contributed by atoms with Gasteiger partial charge in [-0.15, -0.1) is 16.1 Å². The van der Waals surface area contributed by atoms with E-state index in [1.54, 1.807) is 44.6 Å². The Hall–Kier alpha value is -3.31. The zero-order valence-corrected chi connectivity index (χ0v) is 21.5. The minimum atomic E-state index is -1.00. The van der Waals surface area contributed by atoms with Crippen molar-refractivity contribution in [1.29, 1.82) is 0 Å². The average Bonchev–Trinajstić information content (AvgIpc) is 3.58. The number of nitrogens with one attached hydrogen (secondary N) is 1. The topological polar surface area (TPSA) is 128 Å². The minimum Gasteiger partial charge on any atom is -0.481 e. The summed E-state index contributed by atoms with van der Waals surface area (Å²) in [5.74, 6) is 0.222. The summed E-state index contributed by atoms with van der Waals surface area (Å²) in [6.07, 6.45) is 8.47. The van der Waals surface area contributed by atoms with E-state index in [4.69, 9.17) is 16.6 Å². The highest BCUT2D eigenvalue weighted by Gasteiger charge is 2.33. The number of aromatic nitrogens is 6. The first kappa shape index (κ1) is 24.4. The molecule has 36 heavy (non-hydrogen) atoms. The lowest BCUT2D eigenvalue weighted by atomic mass is 9.87. The third kappa shape index (κ3) is 4.85. The molecule has 0 bridgehead atoms. The molecule has 4 aromatic rings. The van der Waals surface area contributed by atoms with Gasteiger partial charge in [0.05, 0.1) is 38.7 Å². The van der Waals surface area contributed by atoms with Crippen LogP contribution in [-0.2, 0) is 11.2 Å². The normalized spacial score (nSPS) is 18.4. The first-order chi connectivity index (χ1) is 17.2. The standard InChI is InChI=1S/C24H26ClN7O3S/c1-24(2,23(34)35)12-21-30-16-13-26-20(32-27-8-9-28-32)11-17(16)31(21)15-5-3-4-14(10-15)29-22(33)18-6-7-19(25)36-18/h6-9,11,13-15H,3-5,10,12H2,1-2H3,(H,29,33)(H,34,35)/t14-,15+/m0/s1. The number of amides is 1. The Morgan fingerprint density at radius 3 is 2.72 bits per heavy atom. The Bertz CT molecular complexity index is 1410. The Morgan fingerprint density at radius 2 is 2.03 bits per heavy atom. The molecule has 1 aliphatic rings. The molecule has 188 valence electrons. The van der Waals surface area contributed by atoms with Crippen molar-refractivity contribution in [2.45, 2.75) is 58.0 Å². The minimum absolute atomic E-state index is 0.0241. The molecule has 0 spiro atoms. The molecular formula is C24H26ClN7O3S. The Kier molecular flexibility index (Phi) is 6.52. The number of pyridine rings is 1. The third-order valence-electron chi connectivity index (χ3n) is 6.58. The molecule has 4 heterocycles. The first-order valence-corrected chi connectivity index (χ1v) is 12.9. The number of carboxylic acids is 1. The lowest BCUT2D eigenvalue weighted by molar-refractivity contribution is -0.146. The fourth-order valence-corrected chi connectivity index (χ4v) is 5.65. The van der Waals surface area contributed by atoms with Crippen LogP contribution in [0.1, 0.15) is 61.1 Å². The fourth-order valence-electron chi connectivity index (χ4n) is 4.71. The number of aliphatic carboxylic acids is 1. The van der Waals surface area contributed by atoms with Crippen LogP contribution in [0.2, 0.25) is 4.34 Å². The molecule has 1 aliphatic carbocycles. The number of hydrogen-bond donors (Lipinski definition) is 2. The molecule has 10 nitrogen and oxygen atoms in total. The van der Waals surface area contributed by atoms with Crippen LogP contribution < -0.4 is 5.32 Å². The third-order valence-corrected chi connectivity index (χ3v) is 7.81. The van der Waals surface area contributed by atoms with E-state index in [0.29, 0.717) is 32.8 Å². The van der Waals surface area contributed by atoms with E-state index in [9.17, 15) is 14.7 Å². The van der Waals surface area contributed by atoms with Gasteiger partial charge in [-0.1, -0.05) is 11.6 Å². The fraction of sp³-hybridized carbons (Fsp3) is 0.417. The predicted molar refractivity (Wildman–Crippen MR) is 136 cm³/mol. The molecule has 0 saturated heterocycles. The van der Waals surface area contributed by atoms with Gasteiger partial charge in [0.1, 0.15) is 11.3 Å². The maximum absolute atomic E-state index is 12.8. The number of imidazole rings is 1. The predicted octanol–water partition coefficient (Wildman–Crippen LogP) is 4.29. The highest BCUT2D eigenvalue weighted by molar-refractivity contribution is 7.18. The van der Waals surface area contributed by atoms with Gasteiger partial charge in [-0.25, -0.2) is 9.97 Å². The maximum atomic E-state index is 12.8. The van der Waals surface area contributed by atoms with Gasteiger partial charge in [0.15, 0.2) is 5.82 Å². The van der Waals surface area contributed by atoms with Gasteiger partial charge in [-0.2, -0.15) is 10.2 Å². The van der Waals surface area contributed by atoms with Gasteiger partial charge >= 0.3 is 5.97 Å². The molecular weight excluding hydrogens is 502 g/mol. The van der Waals surface area contributed by atoms with Gasteiger partial charge in [-0.3, -0.25) is 9.59 Å². The van der Waals surface area contributed by atoms with Crippen molar-refractivity contribution < 1.29 is 14.7 Å². The summed E-state index contributed by atoms with van der Waals surface area (Å²) in [5, 5.41) is 21.3. The molecule has 2 atom stereocenters. The lowest BCUT2D eigenvalue weighted by Gasteiger charge is -2.32. The molecule has 0 radical (unpaired) electrons. The Morgan fingerprint density at radius 1 is 1.25 bits per heavy atom. The molecule has 1 amide bonds. The quantitative estimate of drug-likeness (QED) is 0.367. The number of rotatable bonds is 7. The van der Waals surface area contributed by atoms with Crippen LogP contribution in [0.25, 0.3) is 16.9 Å². The van der Waals surface area contributed by atoms with Gasteiger partial charge in [0.2, 0.25) is 0 Å². The van der Waals surface area contributed by atoms with Crippen LogP contribution in [0.3, 0.4) is 0 Å². The van der Waals surface area contributed by atoms with E-state index in [0.717, 1.165) is 24.8 Å². The van der Waals surface area contributed by atoms with Gasteiger partial charge < -0.3 is 15.0 Å². The lowest BCUT2D eigenvalue weighted by Crippen LogP contribution is -2.39. The Balaban J connectivity index is 1.50. The monoisotopic (exact) mass is 527 g/mol. The number of thiophene rings is 1. The molecule has 0 aliphatic heterocycles. The Labute approximate surface area is 216 Å². The number of carbonyl (C=O) groups is 2. The summed E-state index contributed by atoms with van der Waals surface area (Å²) in [5.41, 5.74) is 0.525. The summed E-state index contributed by atoms with van der Waals surface area (Å²) in [6.45, 7) is 3.40. The van der Waals surface area contributed by atoms with E-state index in [2.05, 4.69) is 25.1 Å². The van der Waals surface area contributed by atoms with Crippen LogP contribution in [0.5, 0.6) is 0 Å². The van der Waals surface area contributed by atoms with Crippen molar-refractivity contribution >= 4 is 45.8 Å². The zero-order valence-electron chi connectivity index (χ0n) is 19.9. The smallest absolute Gasteiger partial charge is 0.309 e. The molecule has 12 heteroatoms. The number of fused-ring (bicyclic) bond motifs is 1. The summed E-state index contributed by atoms with van der Waals surface area (Å²) in [4.78, 5) is 36.0. The van der Waals surface area contributed by atoms with Gasteiger partial charge in [-0.05, 0) is 51.7 Å². The number of carboxylic acid groups (broad SMARTS) is 1. The largest absolute Gasteiger partial charge is 0.481 e. The molecule has 2 N–H and O–H groups in total. The van der Waals surface area contributed by atoms with E-state index in [-0.39, 0.29) is 24.4 Å². The van der Waals surface area contributed by atoms with Crippen LogP contribution in [0.4, 0.5) is 0 Å². The number of carbonyl (C=O) groups excluding carboxylic acids is 1. The van der Waals surface area contributed by atoms with Crippen molar-refractivity contribution in [2.24, 2.45) is 5.41 Å². The molecule has 0 unspecified atom stereocenters. The summed E-state index contributed by atoms with van der Waals surface area (Å²) >= 11 is 7.26. The van der Waals surface area contributed by atoms with E-state index >= 15 is 0 Å². The number of hydrogen-bond acceptors (Lipinski definition) is 7. The average molecular weight is 528 g/mol. The molecule has 1 fully saturated rings. The van der Waals surface area contributed by atoms with Gasteiger partial charge in [0, 0.05) is 24.6 Å². The van der Waals surface area contributed by atoms with Crippen LogP contribution in [0, 0.1) is 5.41 Å².